The van der Waals surface area contributed by atoms with E-state index in [0.29, 0.717) is 56.1 Å². The number of carbonyl (C=O) groups excluding carboxylic acids is 3. The molecular formula is C46H57N5O5. The lowest BCUT2D eigenvalue weighted by Gasteiger charge is -2.41. The average Bonchev–Trinajstić information content (AvgIpc) is 3.52. The molecule has 10 nitrogen and oxygen atoms in total. The van der Waals surface area contributed by atoms with Crippen LogP contribution >= 0.6 is 0 Å². The highest BCUT2D eigenvalue weighted by molar-refractivity contribution is 6.03. The zero-order valence-electron chi connectivity index (χ0n) is 33.6. The summed E-state index contributed by atoms with van der Waals surface area (Å²) in [5.41, 5.74) is 8.27. The summed E-state index contributed by atoms with van der Waals surface area (Å²) in [6, 6.07) is 23.7. The molecule has 10 heteroatoms. The van der Waals surface area contributed by atoms with Crippen molar-refractivity contribution in [2.75, 3.05) is 52.5 Å². The molecular weight excluding hydrogens is 703 g/mol. The Morgan fingerprint density at radius 3 is 2.21 bits per heavy atom. The van der Waals surface area contributed by atoms with Crippen LogP contribution in [0, 0.1) is 6.92 Å². The number of aromatic nitrogens is 1. The molecule has 0 saturated carbocycles. The predicted octanol–water partition coefficient (Wildman–Crippen LogP) is 7.50. The summed E-state index contributed by atoms with van der Waals surface area (Å²) in [7, 11) is 2.00. The van der Waals surface area contributed by atoms with E-state index >= 15 is 4.79 Å². The number of fused-ring (bicyclic) bond motifs is 2. The maximum absolute atomic E-state index is 15.4. The number of morpholine rings is 1. The standard InChI is InChI=1S/C46H57N5O5/c1-5-7-19-49(20-8-6-2)44(52)40-29-43(47(4)33(40)3)41-27-35-18-21-50(46(54)56-39-16-10-9-11-17-39)30-37(35)28-42(41)45(53)51-31-36-15-13-12-14-34(36)26-38(51)32-48-22-24-55-25-23-48/h9-17,27-29,38H,5-8,18-26,30-32H2,1-4H3/t38-/m0/s1. The Kier molecular flexibility index (Phi) is 12.6. The zero-order chi connectivity index (χ0) is 39.2. The van der Waals surface area contributed by atoms with Crippen molar-refractivity contribution in [3.05, 3.63) is 112 Å². The summed E-state index contributed by atoms with van der Waals surface area (Å²) < 4.78 is 13.5. The maximum atomic E-state index is 15.4. The molecule has 3 aromatic carbocycles. The Balaban J connectivity index is 1.28. The van der Waals surface area contributed by atoms with E-state index in [2.05, 4.69) is 52.5 Å². The summed E-state index contributed by atoms with van der Waals surface area (Å²) in [5.74, 6) is 0.500. The van der Waals surface area contributed by atoms with Crippen LogP contribution in [-0.2, 0) is 37.7 Å². The molecule has 3 aliphatic heterocycles. The highest BCUT2D eigenvalue weighted by atomic mass is 16.6. The third kappa shape index (κ3) is 8.56. The molecule has 0 spiro atoms. The second kappa shape index (κ2) is 17.9. The highest BCUT2D eigenvalue weighted by Gasteiger charge is 2.35. The fourth-order valence-electron chi connectivity index (χ4n) is 8.39. The first kappa shape index (κ1) is 39.3. The number of amides is 3. The minimum atomic E-state index is -0.408. The van der Waals surface area contributed by atoms with Gasteiger partial charge in [0.1, 0.15) is 5.75 Å². The molecule has 0 N–H and O–H groups in total. The molecule has 0 radical (unpaired) electrons. The molecule has 3 amide bonds. The molecule has 1 saturated heterocycles. The van der Waals surface area contributed by atoms with Gasteiger partial charge >= 0.3 is 6.09 Å². The first-order chi connectivity index (χ1) is 27.2. The minimum Gasteiger partial charge on any atom is -0.410 e. The number of hydrogen-bond acceptors (Lipinski definition) is 6. The van der Waals surface area contributed by atoms with Crippen LogP contribution in [0.15, 0.2) is 72.8 Å². The van der Waals surface area contributed by atoms with E-state index < -0.39 is 6.09 Å². The third-order valence-electron chi connectivity index (χ3n) is 11.9. The Morgan fingerprint density at radius 2 is 1.50 bits per heavy atom. The maximum Gasteiger partial charge on any atom is 0.415 e. The Bertz CT molecular complexity index is 2010. The lowest BCUT2D eigenvalue weighted by atomic mass is 9.89. The van der Waals surface area contributed by atoms with Crippen LogP contribution in [0.4, 0.5) is 4.79 Å². The van der Waals surface area contributed by atoms with Gasteiger partial charge in [-0.15, -0.1) is 0 Å². The van der Waals surface area contributed by atoms with Crippen molar-refractivity contribution in [3.63, 3.8) is 0 Å². The predicted molar refractivity (Wildman–Crippen MR) is 219 cm³/mol. The topological polar surface area (TPSA) is 87.6 Å². The first-order valence-corrected chi connectivity index (χ1v) is 20.6. The normalized spacial score (nSPS) is 17.0. The van der Waals surface area contributed by atoms with Gasteiger partial charge in [0.2, 0.25) is 0 Å². The first-order valence-electron chi connectivity index (χ1n) is 20.6. The van der Waals surface area contributed by atoms with Crippen LogP contribution in [0.5, 0.6) is 5.75 Å². The number of carbonyl (C=O) groups is 3. The summed E-state index contributed by atoms with van der Waals surface area (Å²) >= 11 is 0. The Morgan fingerprint density at radius 1 is 0.804 bits per heavy atom. The van der Waals surface area contributed by atoms with Gasteiger partial charge in [0.05, 0.1) is 18.8 Å². The molecule has 7 rings (SSSR count). The second-order valence-electron chi connectivity index (χ2n) is 15.6. The molecule has 0 bridgehead atoms. The molecule has 0 aliphatic carbocycles. The largest absolute Gasteiger partial charge is 0.415 e. The van der Waals surface area contributed by atoms with Gasteiger partial charge in [-0.1, -0.05) is 69.2 Å². The number of unbranched alkanes of at least 4 members (excludes halogenated alkanes) is 2. The summed E-state index contributed by atoms with van der Waals surface area (Å²) in [6.07, 6.45) is 4.93. The van der Waals surface area contributed by atoms with Crippen molar-refractivity contribution in [1.29, 1.82) is 0 Å². The molecule has 296 valence electrons. The summed E-state index contributed by atoms with van der Waals surface area (Å²) in [5, 5.41) is 0. The van der Waals surface area contributed by atoms with Gasteiger partial charge in [0.15, 0.2) is 0 Å². The second-order valence-corrected chi connectivity index (χ2v) is 15.6. The van der Waals surface area contributed by atoms with Crippen molar-refractivity contribution < 1.29 is 23.9 Å². The van der Waals surface area contributed by atoms with Crippen molar-refractivity contribution >= 4 is 17.9 Å². The van der Waals surface area contributed by atoms with Crippen molar-refractivity contribution in [1.82, 2.24) is 24.2 Å². The van der Waals surface area contributed by atoms with E-state index in [1.54, 1.807) is 17.0 Å². The molecule has 3 aliphatic rings. The smallest absolute Gasteiger partial charge is 0.410 e. The molecule has 4 heterocycles. The van der Waals surface area contributed by atoms with Crippen LogP contribution in [0.1, 0.15) is 88.2 Å². The Hall–Kier alpha value is -4.93. The minimum absolute atomic E-state index is 0.0327. The van der Waals surface area contributed by atoms with Crippen molar-refractivity contribution in [2.45, 2.75) is 78.4 Å². The van der Waals surface area contributed by atoms with E-state index in [1.807, 2.05) is 55.3 Å². The van der Waals surface area contributed by atoms with Crippen molar-refractivity contribution in [2.24, 2.45) is 7.05 Å². The van der Waals surface area contributed by atoms with Gasteiger partial charge in [0, 0.05) is 88.0 Å². The van der Waals surface area contributed by atoms with E-state index in [4.69, 9.17) is 9.47 Å². The van der Waals surface area contributed by atoms with Gasteiger partial charge in [-0.25, -0.2) is 4.79 Å². The highest BCUT2D eigenvalue weighted by Crippen LogP contribution is 2.36. The van der Waals surface area contributed by atoms with Crippen LogP contribution in [-0.4, -0.2) is 101 Å². The van der Waals surface area contributed by atoms with Gasteiger partial charge in [-0.05, 0) is 85.2 Å². The molecule has 1 fully saturated rings. The van der Waals surface area contributed by atoms with Crippen LogP contribution in [0.3, 0.4) is 0 Å². The number of hydrogen-bond donors (Lipinski definition) is 0. The van der Waals surface area contributed by atoms with Crippen LogP contribution in [0.2, 0.25) is 0 Å². The molecule has 1 aromatic heterocycles. The number of ether oxygens (including phenoxy) is 2. The average molecular weight is 760 g/mol. The third-order valence-corrected chi connectivity index (χ3v) is 11.9. The number of benzene rings is 3. The molecule has 0 unspecified atom stereocenters. The zero-order valence-corrected chi connectivity index (χ0v) is 33.6. The van der Waals surface area contributed by atoms with Gasteiger partial charge < -0.3 is 28.7 Å². The lowest BCUT2D eigenvalue weighted by molar-refractivity contribution is 0.0193. The quantitative estimate of drug-likeness (QED) is 0.149. The molecule has 56 heavy (non-hydrogen) atoms. The van der Waals surface area contributed by atoms with Crippen molar-refractivity contribution in [3.8, 4) is 17.0 Å². The SMILES string of the molecule is CCCCN(CCCC)C(=O)c1cc(-c2cc3c(cc2C(=O)N2Cc4ccccc4C[C@H]2CN2CCOCC2)CN(C(=O)Oc2ccccc2)CC3)n(C)c1C. The van der Waals surface area contributed by atoms with E-state index in [0.717, 1.165) is 98.5 Å². The van der Waals surface area contributed by atoms with Gasteiger partial charge in [-0.3, -0.25) is 14.5 Å². The number of nitrogens with zero attached hydrogens (tertiary/aromatic N) is 5. The van der Waals surface area contributed by atoms with Gasteiger partial charge in [-0.2, -0.15) is 0 Å². The van der Waals surface area contributed by atoms with E-state index in [9.17, 15) is 9.59 Å². The van der Waals surface area contributed by atoms with E-state index in [1.165, 1.54) is 5.56 Å². The van der Waals surface area contributed by atoms with Crippen LogP contribution < -0.4 is 4.74 Å². The van der Waals surface area contributed by atoms with Crippen LogP contribution in [0.25, 0.3) is 11.3 Å². The number of para-hydroxylation sites is 1. The fourth-order valence-corrected chi connectivity index (χ4v) is 8.39. The monoisotopic (exact) mass is 759 g/mol. The fraction of sp³-hybridized carbons (Fsp3) is 0.457. The molecule has 1 atom stereocenters. The summed E-state index contributed by atoms with van der Waals surface area (Å²) in [4.78, 5) is 51.2. The van der Waals surface area contributed by atoms with E-state index in [-0.39, 0.29) is 17.9 Å². The molecule has 4 aromatic rings. The Labute approximate surface area is 332 Å². The van der Waals surface area contributed by atoms with Gasteiger partial charge in [0.25, 0.3) is 11.8 Å². The lowest BCUT2D eigenvalue weighted by Crippen LogP contribution is -2.52. The summed E-state index contributed by atoms with van der Waals surface area (Å²) in [6.45, 7) is 12.9. The number of rotatable bonds is 12.